The fourth-order valence-electron chi connectivity index (χ4n) is 6.41. The zero-order chi connectivity index (χ0) is 19.3. The number of carbonyl (C=O) groups is 2. The highest BCUT2D eigenvalue weighted by Crippen LogP contribution is 2.55. The Morgan fingerprint density at radius 2 is 1.75 bits per heavy atom. The second-order valence-electron chi connectivity index (χ2n) is 9.24. The zero-order valence-corrected chi connectivity index (χ0v) is 16.1. The summed E-state index contributed by atoms with van der Waals surface area (Å²) in [5.41, 5.74) is 1.32. The average molecular weight is 381 g/mol. The number of carbonyl (C=O) groups excluding carboxylic acids is 1. The van der Waals surface area contributed by atoms with Gasteiger partial charge in [0.25, 0.3) is 5.91 Å². The van der Waals surface area contributed by atoms with Crippen LogP contribution in [0.4, 0.5) is 0 Å². The van der Waals surface area contributed by atoms with Gasteiger partial charge in [-0.15, -0.1) is 0 Å². The maximum Gasteiger partial charge on any atom is 0.303 e. The van der Waals surface area contributed by atoms with Crippen molar-refractivity contribution >= 4 is 22.8 Å². The highest BCUT2D eigenvalue weighted by atomic mass is 16.4. The number of aliphatic carboxylic acids is 1. The highest BCUT2D eigenvalue weighted by molar-refractivity contribution is 6.05. The molecule has 2 aromatic rings. The number of rotatable bonds is 6. The number of benzene rings is 1. The number of carboxylic acids is 1. The molecule has 6 heteroatoms. The lowest BCUT2D eigenvalue weighted by molar-refractivity contribution is -0.137. The third-order valence-corrected chi connectivity index (χ3v) is 7.05. The van der Waals surface area contributed by atoms with Crippen molar-refractivity contribution in [2.75, 3.05) is 0 Å². The van der Waals surface area contributed by atoms with Crippen molar-refractivity contribution in [3.05, 3.63) is 30.0 Å². The Morgan fingerprint density at radius 1 is 1.11 bits per heavy atom. The standard InChI is InChI=1S/C22H27N3O3/c26-19(27)6-3-7-25-18-5-2-1-4-17(18)20(24-25)21(28)23-22-11-14-8-15(12-22)10-16(9-14)13-22/h1-2,4-5,14-16H,3,6-13H2,(H,23,28)(H,26,27). The summed E-state index contributed by atoms with van der Waals surface area (Å²) in [6.07, 6.45) is 7.97. The van der Waals surface area contributed by atoms with Crippen LogP contribution < -0.4 is 5.32 Å². The molecule has 1 amide bonds. The van der Waals surface area contributed by atoms with Crippen LogP contribution in [-0.2, 0) is 11.3 Å². The molecule has 4 saturated carbocycles. The van der Waals surface area contributed by atoms with E-state index < -0.39 is 5.97 Å². The highest BCUT2D eigenvalue weighted by Gasteiger charge is 2.51. The number of nitrogens with zero attached hydrogens (tertiary/aromatic N) is 2. The first-order valence-corrected chi connectivity index (χ1v) is 10.5. The fourth-order valence-corrected chi connectivity index (χ4v) is 6.41. The maximum absolute atomic E-state index is 13.3. The minimum absolute atomic E-state index is 0.0416. The molecule has 1 heterocycles. The summed E-state index contributed by atoms with van der Waals surface area (Å²) in [6.45, 7) is 0.497. The summed E-state index contributed by atoms with van der Waals surface area (Å²) in [4.78, 5) is 24.1. The summed E-state index contributed by atoms with van der Waals surface area (Å²) >= 11 is 0. The second-order valence-corrected chi connectivity index (χ2v) is 9.24. The third kappa shape index (κ3) is 3.09. The van der Waals surface area contributed by atoms with Gasteiger partial charge in [-0.05, 0) is 68.8 Å². The molecule has 28 heavy (non-hydrogen) atoms. The van der Waals surface area contributed by atoms with Gasteiger partial charge in [-0.1, -0.05) is 18.2 Å². The van der Waals surface area contributed by atoms with E-state index >= 15 is 0 Å². The van der Waals surface area contributed by atoms with Gasteiger partial charge in [-0.2, -0.15) is 5.10 Å². The summed E-state index contributed by atoms with van der Waals surface area (Å²) in [7, 11) is 0. The molecule has 4 fully saturated rings. The molecule has 4 aliphatic rings. The van der Waals surface area contributed by atoms with Crippen LogP contribution in [-0.4, -0.2) is 32.3 Å². The van der Waals surface area contributed by atoms with Crippen molar-refractivity contribution in [3.63, 3.8) is 0 Å². The monoisotopic (exact) mass is 381 g/mol. The van der Waals surface area contributed by atoms with E-state index in [1.165, 1.54) is 19.3 Å². The van der Waals surface area contributed by atoms with Crippen molar-refractivity contribution in [2.24, 2.45) is 17.8 Å². The lowest BCUT2D eigenvalue weighted by Gasteiger charge is -2.56. The number of fused-ring (bicyclic) bond motifs is 1. The molecule has 0 aliphatic heterocycles. The largest absolute Gasteiger partial charge is 0.481 e. The Kier molecular flexibility index (Phi) is 4.18. The quantitative estimate of drug-likeness (QED) is 0.801. The van der Waals surface area contributed by atoms with E-state index in [0.29, 0.717) is 18.7 Å². The Balaban J connectivity index is 1.40. The van der Waals surface area contributed by atoms with Gasteiger partial charge in [0.05, 0.1) is 5.52 Å². The molecular formula is C22H27N3O3. The molecule has 4 bridgehead atoms. The number of carboxylic acid groups (broad SMARTS) is 1. The summed E-state index contributed by atoms with van der Waals surface area (Å²) in [6, 6.07) is 7.74. The topological polar surface area (TPSA) is 84.2 Å². The van der Waals surface area contributed by atoms with E-state index in [0.717, 1.165) is 47.9 Å². The van der Waals surface area contributed by atoms with Gasteiger partial charge >= 0.3 is 5.97 Å². The van der Waals surface area contributed by atoms with E-state index in [1.54, 1.807) is 4.68 Å². The van der Waals surface area contributed by atoms with Crippen LogP contribution >= 0.6 is 0 Å². The molecule has 0 radical (unpaired) electrons. The van der Waals surface area contributed by atoms with Gasteiger partial charge in [0, 0.05) is 23.9 Å². The Bertz CT molecular complexity index is 897. The van der Waals surface area contributed by atoms with Gasteiger partial charge < -0.3 is 10.4 Å². The van der Waals surface area contributed by atoms with E-state index in [1.807, 2.05) is 24.3 Å². The van der Waals surface area contributed by atoms with E-state index in [-0.39, 0.29) is 17.9 Å². The molecule has 0 spiro atoms. The molecule has 6 rings (SSSR count). The smallest absolute Gasteiger partial charge is 0.303 e. The van der Waals surface area contributed by atoms with Gasteiger partial charge in [0.1, 0.15) is 0 Å². The van der Waals surface area contributed by atoms with Gasteiger partial charge in [0.15, 0.2) is 5.69 Å². The van der Waals surface area contributed by atoms with Crippen LogP contribution in [0, 0.1) is 17.8 Å². The minimum atomic E-state index is -0.809. The minimum Gasteiger partial charge on any atom is -0.481 e. The maximum atomic E-state index is 13.3. The molecule has 2 N–H and O–H groups in total. The number of para-hydroxylation sites is 1. The summed E-state index contributed by atoms with van der Waals surface area (Å²) in [5, 5.41) is 17.7. The predicted molar refractivity (Wildman–Crippen MR) is 105 cm³/mol. The molecule has 0 saturated heterocycles. The summed E-state index contributed by atoms with van der Waals surface area (Å²) in [5.74, 6) is 1.44. The SMILES string of the molecule is O=C(O)CCCn1nc(C(=O)NC23CC4CC(CC(C4)C2)C3)c2ccccc21. The fraction of sp³-hybridized carbons (Fsp3) is 0.591. The molecule has 1 aromatic heterocycles. The number of hydrogen-bond donors (Lipinski definition) is 2. The Labute approximate surface area is 164 Å². The Morgan fingerprint density at radius 3 is 2.39 bits per heavy atom. The molecule has 1 aromatic carbocycles. The zero-order valence-electron chi connectivity index (χ0n) is 16.1. The van der Waals surface area contributed by atoms with Crippen LogP contribution in [0.25, 0.3) is 10.9 Å². The molecule has 0 unspecified atom stereocenters. The van der Waals surface area contributed by atoms with Crippen LogP contribution in [0.2, 0.25) is 0 Å². The number of aryl methyl sites for hydroxylation is 1. The average Bonchev–Trinajstić information content (AvgIpc) is 2.99. The summed E-state index contributed by atoms with van der Waals surface area (Å²) < 4.78 is 1.78. The third-order valence-electron chi connectivity index (χ3n) is 7.05. The van der Waals surface area contributed by atoms with Gasteiger partial charge in [-0.25, -0.2) is 0 Å². The molecule has 0 atom stereocenters. The van der Waals surface area contributed by atoms with Crippen molar-refractivity contribution in [1.29, 1.82) is 0 Å². The number of amides is 1. The number of aromatic nitrogens is 2. The van der Waals surface area contributed by atoms with E-state index in [2.05, 4.69) is 10.4 Å². The van der Waals surface area contributed by atoms with E-state index in [9.17, 15) is 9.59 Å². The van der Waals surface area contributed by atoms with Crippen molar-refractivity contribution in [1.82, 2.24) is 15.1 Å². The van der Waals surface area contributed by atoms with Crippen LogP contribution in [0.3, 0.4) is 0 Å². The molecule has 6 nitrogen and oxygen atoms in total. The lowest BCUT2D eigenvalue weighted by atomic mass is 9.53. The normalized spacial score (nSPS) is 30.6. The van der Waals surface area contributed by atoms with Gasteiger partial charge in [-0.3, -0.25) is 14.3 Å². The molecule has 148 valence electrons. The van der Waals surface area contributed by atoms with E-state index in [4.69, 9.17) is 5.11 Å². The Hall–Kier alpha value is -2.37. The molecule has 4 aliphatic carbocycles. The van der Waals surface area contributed by atoms with Crippen molar-refractivity contribution in [2.45, 2.75) is 63.5 Å². The first-order valence-electron chi connectivity index (χ1n) is 10.5. The lowest BCUT2D eigenvalue weighted by Crippen LogP contribution is -2.59. The van der Waals surface area contributed by atoms with Crippen molar-refractivity contribution < 1.29 is 14.7 Å². The van der Waals surface area contributed by atoms with Crippen LogP contribution in [0.1, 0.15) is 61.9 Å². The predicted octanol–water partition coefficient (Wildman–Crippen LogP) is 3.60. The van der Waals surface area contributed by atoms with Gasteiger partial charge in [0.2, 0.25) is 0 Å². The first-order chi connectivity index (χ1) is 13.5. The van der Waals surface area contributed by atoms with Crippen LogP contribution in [0.15, 0.2) is 24.3 Å². The second kappa shape index (κ2) is 6.61. The first kappa shape index (κ1) is 17.7. The van der Waals surface area contributed by atoms with Crippen LogP contribution in [0.5, 0.6) is 0 Å². The number of nitrogens with one attached hydrogen (secondary N) is 1. The number of hydrogen-bond acceptors (Lipinski definition) is 3. The van der Waals surface area contributed by atoms with Crippen molar-refractivity contribution in [3.8, 4) is 0 Å². The molecular weight excluding hydrogens is 354 g/mol.